The van der Waals surface area contributed by atoms with Crippen molar-refractivity contribution in [1.29, 1.82) is 0 Å². The molecule has 4 rings (SSSR count). The smallest absolute Gasteiger partial charge is 0.119 e. The maximum absolute atomic E-state index is 6.22. The molecule has 3 atom stereocenters. The van der Waals surface area contributed by atoms with Crippen molar-refractivity contribution >= 4 is 24.8 Å². The first kappa shape index (κ1) is 24.7. The van der Waals surface area contributed by atoms with Crippen molar-refractivity contribution < 1.29 is 9.47 Å². The summed E-state index contributed by atoms with van der Waals surface area (Å²) in [4.78, 5) is 5.21. The first-order chi connectivity index (χ1) is 13.3. The fourth-order valence-electron chi connectivity index (χ4n) is 4.98. The highest BCUT2D eigenvalue weighted by molar-refractivity contribution is 5.85. The summed E-state index contributed by atoms with van der Waals surface area (Å²) < 4.78 is 11.6. The number of nitrogens with zero attached hydrogens (tertiary/aromatic N) is 2. The highest BCUT2D eigenvalue weighted by Gasteiger charge is 2.30. The lowest BCUT2D eigenvalue weighted by Crippen LogP contribution is -2.55. The second-order valence-electron chi connectivity index (χ2n) is 8.48. The molecular weight excluding hydrogens is 409 g/mol. The van der Waals surface area contributed by atoms with E-state index in [-0.39, 0.29) is 24.8 Å². The van der Waals surface area contributed by atoms with Gasteiger partial charge in [0.1, 0.15) is 5.75 Å². The molecule has 0 bridgehead atoms. The molecule has 166 valence electrons. The quantitative estimate of drug-likeness (QED) is 0.696. The van der Waals surface area contributed by atoms with Gasteiger partial charge >= 0.3 is 0 Å². The number of likely N-dealkylation sites (tertiary alicyclic amines) is 1. The fourth-order valence-corrected chi connectivity index (χ4v) is 4.98. The zero-order chi connectivity index (χ0) is 18.5. The van der Waals surface area contributed by atoms with E-state index in [1.165, 1.54) is 50.9 Å². The minimum Gasteiger partial charge on any atom is -0.493 e. The van der Waals surface area contributed by atoms with Gasteiger partial charge in [0.05, 0.1) is 13.2 Å². The number of piperazine rings is 1. The minimum absolute atomic E-state index is 0. The third-order valence-corrected chi connectivity index (χ3v) is 6.50. The standard InChI is InChI=1S/C22H35N3O2.2ClH/c1-26-17-21-5-3-10-24(21)14-18-4-2-6-22(12-18)27-16-19-7-8-20-13-23-9-11-25(20)15-19;;/h2,4,6,12,19-21,23H,3,5,7-11,13-17H2,1H3;2*1H/t19-,20+,21?;;/m1../s1. The molecule has 0 aliphatic carbocycles. The molecule has 3 saturated heterocycles. The van der Waals surface area contributed by atoms with E-state index in [0.717, 1.165) is 44.6 Å². The molecule has 0 aromatic heterocycles. The Hall–Kier alpha value is -0.560. The predicted molar refractivity (Wildman–Crippen MR) is 123 cm³/mol. The largest absolute Gasteiger partial charge is 0.493 e. The maximum Gasteiger partial charge on any atom is 0.119 e. The van der Waals surface area contributed by atoms with Gasteiger partial charge in [0.15, 0.2) is 0 Å². The van der Waals surface area contributed by atoms with E-state index in [1.54, 1.807) is 7.11 Å². The summed E-state index contributed by atoms with van der Waals surface area (Å²) >= 11 is 0. The number of methoxy groups -OCH3 is 1. The molecule has 3 aliphatic heterocycles. The van der Waals surface area contributed by atoms with Gasteiger partial charge < -0.3 is 14.8 Å². The number of rotatable bonds is 7. The highest BCUT2D eigenvalue weighted by atomic mass is 35.5. The van der Waals surface area contributed by atoms with Crippen LogP contribution in [0.4, 0.5) is 0 Å². The van der Waals surface area contributed by atoms with E-state index in [1.807, 2.05) is 0 Å². The third kappa shape index (κ3) is 6.71. The molecule has 3 aliphatic rings. The molecule has 7 heteroatoms. The van der Waals surface area contributed by atoms with Crippen LogP contribution < -0.4 is 10.1 Å². The molecule has 3 heterocycles. The molecule has 1 aromatic carbocycles. The predicted octanol–water partition coefficient (Wildman–Crippen LogP) is 3.20. The van der Waals surface area contributed by atoms with Gasteiger partial charge in [-0.1, -0.05) is 12.1 Å². The number of fused-ring (bicyclic) bond motifs is 1. The Morgan fingerprint density at radius 1 is 1.10 bits per heavy atom. The van der Waals surface area contributed by atoms with E-state index in [9.17, 15) is 0 Å². The number of benzene rings is 1. The number of halogens is 2. The second-order valence-corrected chi connectivity index (χ2v) is 8.48. The summed E-state index contributed by atoms with van der Waals surface area (Å²) in [6, 6.07) is 10.0. The van der Waals surface area contributed by atoms with Gasteiger partial charge in [0.25, 0.3) is 0 Å². The summed E-state index contributed by atoms with van der Waals surface area (Å²) in [6.07, 6.45) is 5.11. The van der Waals surface area contributed by atoms with Crippen molar-refractivity contribution in [1.82, 2.24) is 15.1 Å². The van der Waals surface area contributed by atoms with Gasteiger partial charge in [0.2, 0.25) is 0 Å². The van der Waals surface area contributed by atoms with Crippen LogP contribution in [0.3, 0.4) is 0 Å². The number of piperidine rings is 1. The molecular formula is C22H37Cl2N3O2. The molecule has 0 saturated carbocycles. The average Bonchev–Trinajstić information content (AvgIpc) is 3.13. The van der Waals surface area contributed by atoms with E-state index in [2.05, 4.69) is 39.4 Å². The first-order valence-electron chi connectivity index (χ1n) is 10.7. The molecule has 5 nitrogen and oxygen atoms in total. The molecule has 1 aromatic rings. The van der Waals surface area contributed by atoms with Crippen molar-refractivity contribution in [3.63, 3.8) is 0 Å². The Bertz CT molecular complexity index is 607. The normalized spacial score (nSPS) is 27.6. The maximum atomic E-state index is 6.22. The lowest BCUT2D eigenvalue weighted by molar-refractivity contribution is 0.0649. The summed E-state index contributed by atoms with van der Waals surface area (Å²) in [5.74, 6) is 1.69. The monoisotopic (exact) mass is 445 g/mol. The zero-order valence-corrected chi connectivity index (χ0v) is 19.2. The molecule has 0 amide bonds. The fraction of sp³-hybridized carbons (Fsp3) is 0.727. The Morgan fingerprint density at radius 2 is 2.00 bits per heavy atom. The van der Waals surface area contributed by atoms with E-state index < -0.39 is 0 Å². The van der Waals surface area contributed by atoms with Crippen molar-refractivity contribution in [2.75, 3.05) is 53.0 Å². The van der Waals surface area contributed by atoms with E-state index in [4.69, 9.17) is 9.47 Å². The van der Waals surface area contributed by atoms with Crippen LogP contribution in [-0.4, -0.2) is 74.9 Å². The third-order valence-electron chi connectivity index (χ3n) is 6.50. The number of nitrogens with one attached hydrogen (secondary N) is 1. The molecule has 29 heavy (non-hydrogen) atoms. The summed E-state index contributed by atoms with van der Waals surface area (Å²) in [6.45, 7) is 8.53. The van der Waals surface area contributed by atoms with Gasteiger partial charge in [-0.15, -0.1) is 24.8 Å². The average molecular weight is 446 g/mol. The SMILES string of the molecule is COCC1CCCN1Cc1cccc(OC[C@@H]2CC[C@H]3CNCCN3C2)c1.Cl.Cl. The van der Waals surface area contributed by atoms with Gasteiger partial charge in [-0.2, -0.15) is 0 Å². The van der Waals surface area contributed by atoms with Gasteiger partial charge in [-0.25, -0.2) is 0 Å². The molecule has 0 radical (unpaired) electrons. The zero-order valence-electron chi connectivity index (χ0n) is 17.6. The Kier molecular flexibility index (Phi) is 10.5. The van der Waals surface area contributed by atoms with Crippen LogP contribution in [-0.2, 0) is 11.3 Å². The van der Waals surface area contributed by atoms with Crippen LogP contribution >= 0.6 is 24.8 Å². The topological polar surface area (TPSA) is 37.0 Å². The lowest BCUT2D eigenvalue weighted by atomic mass is 9.92. The number of hydrogen-bond acceptors (Lipinski definition) is 5. The van der Waals surface area contributed by atoms with Crippen LogP contribution in [0.5, 0.6) is 5.75 Å². The molecule has 1 unspecified atom stereocenters. The van der Waals surface area contributed by atoms with Crippen molar-refractivity contribution in [2.24, 2.45) is 5.92 Å². The van der Waals surface area contributed by atoms with Gasteiger partial charge in [-0.05, 0) is 49.9 Å². The van der Waals surface area contributed by atoms with Crippen molar-refractivity contribution in [3.8, 4) is 5.75 Å². The van der Waals surface area contributed by atoms with E-state index in [0.29, 0.717) is 12.0 Å². The minimum atomic E-state index is 0. The lowest BCUT2D eigenvalue weighted by Gasteiger charge is -2.42. The van der Waals surface area contributed by atoms with Crippen molar-refractivity contribution in [3.05, 3.63) is 29.8 Å². The number of hydrogen-bond donors (Lipinski definition) is 1. The van der Waals surface area contributed by atoms with Crippen LogP contribution in [0.15, 0.2) is 24.3 Å². The number of ether oxygens (including phenoxy) is 2. The van der Waals surface area contributed by atoms with Crippen LogP contribution in [0.1, 0.15) is 31.2 Å². The Balaban J connectivity index is 0.00000150. The summed E-state index contributed by atoms with van der Waals surface area (Å²) in [7, 11) is 1.80. The van der Waals surface area contributed by atoms with Crippen LogP contribution in [0, 0.1) is 5.92 Å². The van der Waals surface area contributed by atoms with Crippen LogP contribution in [0.2, 0.25) is 0 Å². The summed E-state index contributed by atoms with van der Waals surface area (Å²) in [5, 5.41) is 3.52. The highest BCUT2D eigenvalue weighted by Crippen LogP contribution is 2.25. The molecule has 0 spiro atoms. The summed E-state index contributed by atoms with van der Waals surface area (Å²) in [5.41, 5.74) is 1.35. The molecule has 1 N–H and O–H groups in total. The van der Waals surface area contributed by atoms with Crippen molar-refractivity contribution in [2.45, 2.75) is 44.3 Å². The van der Waals surface area contributed by atoms with E-state index >= 15 is 0 Å². The first-order valence-corrected chi connectivity index (χ1v) is 10.7. The second kappa shape index (κ2) is 12.3. The Labute approximate surface area is 188 Å². The Morgan fingerprint density at radius 3 is 2.86 bits per heavy atom. The van der Waals surface area contributed by atoms with Gasteiger partial charge in [0, 0.05) is 57.8 Å². The van der Waals surface area contributed by atoms with Crippen LogP contribution in [0.25, 0.3) is 0 Å². The molecule has 3 fully saturated rings. The van der Waals surface area contributed by atoms with Gasteiger partial charge in [-0.3, -0.25) is 9.80 Å².